The van der Waals surface area contributed by atoms with Crippen molar-refractivity contribution in [2.45, 2.75) is 10.2 Å². The van der Waals surface area contributed by atoms with Crippen LogP contribution in [0.15, 0.2) is 28.9 Å². The molecule has 0 spiro atoms. The van der Waals surface area contributed by atoms with Crippen LogP contribution in [-0.2, 0) is 0 Å². The maximum atomic E-state index is 5.38. The molecule has 7 heteroatoms. The first-order valence-corrected chi connectivity index (χ1v) is 4.27. The van der Waals surface area contributed by atoms with Gasteiger partial charge in [-0.2, -0.15) is 5.10 Å². The Morgan fingerprint density at radius 2 is 2.15 bits per heavy atom. The van der Waals surface area contributed by atoms with Crippen molar-refractivity contribution in [2.75, 3.05) is 5.73 Å². The van der Waals surface area contributed by atoms with Gasteiger partial charge in [0.15, 0.2) is 5.16 Å². The molecule has 0 bridgehead atoms. The Bertz CT molecular complexity index is 369. The second-order valence-corrected chi connectivity index (χ2v) is 3.18. The Balaban J connectivity index is 2.15. The maximum Gasteiger partial charge on any atom is 0.189 e. The number of rotatable bonds is 2. The molecule has 0 aliphatic rings. The Labute approximate surface area is 78.0 Å². The predicted octanol–water partition coefficient (Wildman–Crippen LogP) is 0.328. The second kappa shape index (κ2) is 3.40. The van der Waals surface area contributed by atoms with Gasteiger partial charge in [0.1, 0.15) is 17.2 Å². The molecule has 13 heavy (non-hydrogen) atoms. The first-order valence-electron chi connectivity index (χ1n) is 3.45. The summed E-state index contributed by atoms with van der Waals surface area (Å²) in [5, 5.41) is 7.82. The van der Waals surface area contributed by atoms with Gasteiger partial charge in [-0.15, -0.1) is 0 Å². The first kappa shape index (κ1) is 7.99. The van der Waals surface area contributed by atoms with Crippen molar-refractivity contribution in [2.24, 2.45) is 0 Å². The third-order valence-electron chi connectivity index (χ3n) is 1.24. The highest BCUT2D eigenvalue weighted by molar-refractivity contribution is 7.99. The summed E-state index contributed by atoms with van der Waals surface area (Å²) >= 11 is 1.34. The zero-order chi connectivity index (χ0) is 9.10. The number of aromatic nitrogens is 5. The summed E-state index contributed by atoms with van der Waals surface area (Å²) < 4.78 is 0. The molecule has 0 fully saturated rings. The lowest BCUT2D eigenvalue weighted by Crippen LogP contribution is -1.91. The zero-order valence-electron chi connectivity index (χ0n) is 6.51. The zero-order valence-corrected chi connectivity index (χ0v) is 7.32. The molecule has 6 nitrogen and oxygen atoms in total. The van der Waals surface area contributed by atoms with Crippen LogP contribution in [-0.4, -0.2) is 25.1 Å². The molecule has 0 aromatic carbocycles. The lowest BCUT2D eigenvalue weighted by Gasteiger charge is -1.95. The molecule has 66 valence electrons. The van der Waals surface area contributed by atoms with Gasteiger partial charge >= 0.3 is 0 Å². The quantitative estimate of drug-likeness (QED) is 0.715. The van der Waals surface area contributed by atoms with Crippen LogP contribution in [0.5, 0.6) is 0 Å². The van der Waals surface area contributed by atoms with E-state index >= 15 is 0 Å². The molecular weight excluding hydrogens is 188 g/mol. The molecule has 2 aromatic rings. The Morgan fingerprint density at radius 3 is 2.77 bits per heavy atom. The second-order valence-electron chi connectivity index (χ2n) is 2.17. The summed E-state index contributed by atoms with van der Waals surface area (Å²) in [6.45, 7) is 0. The highest BCUT2D eigenvalue weighted by Crippen LogP contribution is 2.20. The van der Waals surface area contributed by atoms with Crippen molar-refractivity contribution in [3.63, 3.8) is 0 Å². The van der Waals surface area contributed by atoms with E-state index in [9.17, 15) is 0 Å². The Kier molecular flexibility index (Phi) is 2.09. The SMILES string of the molecule is Nc1cnc(Sc2ncn[nH]2)cn1. The van der Waals surface area contributed by atoms with Crippen molar-refractivity contribution >= 4 is 17.6 Å². The number of hydrogen-bond acceptors (Lipinski definition) is 6. The van der Waals surface area contributed by atoms with Crippen molar-refractivity contribution in [1.82, 2.24) is 25.1 Å². The minimum absolute atomic E-state index is 0.405. The molecule has 0 atom stereocenters. The summed E-state index contributed by atoms with van der Waals surface area (Å²) in [5.74, 6) is 0.405. The van der Waals surface area contributed by atoms with E-state index in [1.165, 1.54) is 24.3 Å². The fourth-order valence-electron chi connectivity index (χ4n) is 0.721. The molecule has 2 heterocycles. The molecule has 0 radical (unpaired) electrons. The van der Waals surface area contributed by atoms with Crippen LogP contribution in [0.3, 0.4) is 0 Å². The molecule has 2 aromatic heterocycles. The Morgan fingerprint density at radius 1 is 1.23 bits per heavy atom. The molecule has 0 amide bonds. The lowest BCUT2D eigenvalue weighted by atomic mass is 10.7. The van der Waals surface area contributed by atoms with Crippen LogP contribution in [0.2, 0.25) is 0 Å². The maximum absolute atomic E-state index is 5.38. The third kappa shape index (κ3) is 1.94. The van der Waals surface area contributed by atoms with E-state index in [0.717, 1.165) is 5.03 Å². The Hall–Kier alpha value is -1.63. The number of H-pyrrole nitrogens is 1. The summed E-state index contributed by atoms with van der Waals surface area (Å²) in [6.07, 6.45) is 4.52. The topological polar surface area (TPSA) is 93.4 Å². The standard InChI is InChI=1S/C6H6N6S/c7-4-1-9-5(2-8-4)13-6-10-3-11-12-6/h1-3H,(H2,7,8)(H,10,11,12). The summed E-state index contributed by atoms with van der Waals surface area (Å²) in [7, 11) is 0. The van der Waals surface area contributed by atoms with Gasteiger partial charge in [-0.05, 0) is 11.8 Å². The average molecular weight is 194 g/mol. The monoisotopic (exact) mass is 194 g/mol. The molecular formula is C6H6N6S. The molecule has 0 unspecified atom stereocenters. The number of hydrogen-bond donors (Lipinski definition) is 2. The molecule has 0 saturated carbocycles. The smallest absolute Gasteiger partial charge is 0.189 e. The fraction of sp³-hybridized carbons (Fsp3) is 0. The van der Waals surface area contributed by atoms with Crippen molar-refractivity contribution in [1.29, 1.82) is 0 Å². The van der Waals surface area contributed by atoms with Crippen molar-refractivity contribution in [3.8, 4) is 0 Å². The molecule has 0 saturated heterocycles. The van der Waals surface area contributed by atoms with Gasteiger partial charge < -0.3 is 5.73 Å². The summed E-state index contributed by atoms with van der Waals surface area (Å²) in [5.41, 5.74) is 5.38. The van der Waals surface area contributed by atoms with E-state index < -0.39 is 0 Å². The highest BCUT2D eigenvalue weighted by atomic mass is 32.2. The van der Waals surface area contributed by atoms with Crippen LogP contribution in [0.25, 0.3) is 0 Å². The number of nitrogens with one attached hydrogen (secondary N) is 1. The number of aromatic amines is 1. The van der Waals surface area contributed by atoms with Gasteiger partial charge in [0.2, 0.25) is 0 Å². The van der Waals surface area contributed by atoms with E-state index in [0.29, 0.717) is 11.0 Å². The van der Waals surface area contributed by atoms with Crippen LogP contribution in [0.1, 0.15) is 0 Å². The van der Waals surface area contributed by atoms with Gasteiger partial charge in [0.25, 0.3) is 0 Å². The van der Waals surface area contributed by atoms with Gasteiger partial charge in [0.05, 0.1) is 12.4 Å². The van der Waals surface area contributed by atoms with Crippen LogP contribution < -0.4 is 5.73 Å². The van der Waals surface area contributed by atoms with Crippen LogP contribution in [0, 0.1) is 0 Å². The van der Waals surface area contributed by atoms with E-state index in [2.05, 4.69) is 25.1 Å². The fourth-order valence-corrected chi connectivity index (χ4v) is 1.33. The largest absolute Gasteiger partial charge is 0.382 e. The lowest BCUT2D eigenvalue weighted by molar-refractivity contribution is 0.963. The molecule has 2 rings (SSSR count). The van der Waals surface area contributed by atoms with Crippen LogP contribution >= 0.6 is 11.8 Å². The number of anilines is 1. The average Bonchev–Trinajstić information content (AvgIpc) is 2.62. The van der Waals surface area contributed by atoms with Crippen LogP contribution in [0.4, 0.5) is 5.82 Å². The first-order chi connectivity index (χ1) is 6.34. The van der Waals surface area contributed by atoms with Crippen molar-refractivity contribution < 1.29 is 0 Å². The van der Waals surface area contributed by atoms with Gasteiger partial charge in [-0.1, -0.05) is 0 Å². The minimum Gasteiger partial charge on any atom is -0.382 e. The van der Waals surface area contributed by atoms with E-state index in [-0.39, 0.29) is 0 Å². The van der Waals surface area contributed by atoms with E-state index in [1.807, 2.05) is 0 Å². The normalized spacial score (nSPS) is 10.2. The third-order valence-corrected chi connectivity index (χ3v) is 2.05. The highest BCUT2D eigenvalue weighted by Gasteiger charge is 2.00. The molecule has 0 aliphatic carbocycles. The summed E-state index contributed by atoms with van der Waals surface area (Å²) in [6, 6.07) is 0. The number of nitrogens with zero attached hydrogens (tertiary/aromatic N) is 4. The molecule has 0 aliphatic heterocycles. The predicted molar refractivity (Wildman–Crippen MR) is 47.0 cm³/mol. The van der Waals surface area contributed by atoms with Gasteiger partial charge in [-0.3, -0.25) is 5.10 Å². The number of nitrogen functional groups attached to an aromatic ring is 1. The minimum atomic E-state index is 0.405. The van der Waals surface area contributed by atoms with E-state index in [1.54, 1.807) is 6.20 Å². The summed E-state index contributed by atoms with van der Waals surface area (Å²) in [4.78, 5) is 11.9. The van der Waals surface area contributed by atoms with Gasteiger partial charge in [0, 0.05) is 0 Å². The van der Waals surface area contributed by atoms with E-state index in [4.69, 9.17) is 5.73 Å². The number of nitrogens with two attached hydrogens (primary N) is 1. The molecule has 3 N–H and O–H groups in total. The van der Waals surface area contributed by atoms with Crippen molar-refractivity contribution in [3.05, 3.63) is 18.7 Å². The van der Waals surface area contributed by atoms with Gasteiger partial charge in [-0.25, -0.2) is 15.0 Å².